The molecule has 1 unspecified atom stereocenters. The van der Waals surface area contributed by atoms with Crippen molar-refractivity contribution in [1.29, 1.82) is 0 Å². The van der Waals surface area contributed by atoms with E-state index in [4.69, 9.17) is 9.47 Å². The summed E-state index contributed by atoms with van der Waals surface area (Å²) in [6, 6.07) is 10.3. The van der Waals surface area contributed by atoms with E-state index in [2.05, 4.69) is 10.6 Å². The highest BCUT2D eigenvalue weighted by atomic mass is 16.6. The third-order valence-corrected chi connectivity index (χ3v) is 3.72. The SMILES string of the molecule is CC(C)(C)OC(=O)NC(CNC1CCOCC1)c1ccccc1. The van der Waals surface area contributed by atoms with E-state index in [0.29, 0.717) is 12.6 Å². The van der Waals surface area contributed by atoms with Crippen molar-refractivity contribution in [2.75, 3.05) is 19.8 Å². The molecule has 1 fully saturated rings. The van der Waals surface area contributed by atoms with Gasteiger partial charge in [-0.05, 0) is 39.2 Å². The number of carbonyl (C=O) groups is 1. The number of hydrogen-bond acceptors (Lipinski definition) is 4. The molecule has 2 rings (SSSR count). The number of hydrogen-bond donors (Lipinski definition) is 2. The highest BCUT2D eigenvalue weighted by molar-refractivity contribution is 5.68. The van der Waals surface area contributed by atoms with Crippen molar-refractivity contribution in [1.82, 2.24) is 10.6 Å². The van der Waals surface area contributed by atoms with Crippen LogP contribution in [0.1, 0.15) is 45.2 Å². The summed E-state index contributed by atoms with van der Waals surface area (Å²) in [6.45, 7) is 7.87. The molecular weight excluding hydrogens is 292 g/mol. The molecule has 0 aromatic heterocycles. The molecule has 0 aliphatic carbocycles. The lowest BCUT2D eigenvalue weighted by Crippen LogP contribution is -2.43. The highest BCUT2D eigenvalue weighted by Gasteiger charge is 2.22. The summed E-state index contributed by atoms with van der Waals surface area (Å²) in [5.74, 6) is 0. The molecule has 0 bridgehead atoms. The molecule has 0 saturated carbocycles. The first-order valence-corrected chi connectivity index (χ1v) is 8.29. The summed E-state index contributed by atoms with van der Waals surface area (Å²) in [4.78, 5) is 12.1. The van der Waals surface area contributed by atoms with Gasteiger partial charge in [-0.3, -0.25) is 0 Å². The zero-order valence-electron chi connectivity index (χ0n) is 14.3. The lowest BCUT2D eigenvalue weighted by atomic mass is 10.0. The first-order valence-electron chi connectivity index (χ1n) is 8.29. The molecule has 1 heterocycles. The Kier molecular flexibility index (Phi) is 6.42. The van der Waals surface area contributed by atoms with Crippen LogP contribution in [-0.2, 0) is 9.47 Å². The lowest BCUT2D eigenvalue weighted by molar-refractivity contribution is 0.0495. The standard InChI is InChI=1S/C18H28N2O3/c1-18(2,3)23-17(21)20-16(14-7-5-4-6-8-14)13-19-15-9-11-22-12-10-15/h4-8,15-16,19H,9-13H2,1-3H3,(H,20,21). The molecule has 1 saturated heterocycles. The van der Waals surface area contributed by atoms with Crippen LogP contribution in [0.2, 0.25) is 0 Å². The Hall–Kier alpha value is -1.59. The van der Waals surface area contributed by atoms with Crippen molar-refractivity contribution >= 4 is 6.09 Å². The average molecular weight is 320 g/mol. The zero-order valence-corrected chi connectivity index (χ0v) is 14.3. The van der Waals surface area contributed by atoms with Gasteiger partial charge in [-0.15, -0.1) is 0 Å². The van der Waals surface area contributed by atoms with Crippen LogP contribution in [0.25, 0.3) is 0 Å². The van der Waals surface area contributed by atoms with Crippen molar-refractivity contribution in [3.8, 4) is 0 Å². The van der Waals surface area contributed by atoms with Crippen LogP contribution in [-0.4, -0.2) is 37.5 Å². The Bertz CT molecular complexity index is 479. The summed E-state index contributed by atoms with van der Waals surface area (Å²) in [6.07, 6.45) is 1.63. The summed E-state index contributed by atoms with van der Waals surface area (Å²) in [5.41, 5.74) is 0.567. The van der Waals surface area contributed by atoms with E-state index in [0.717, 1.165) is 31.6 Å². The molecule has 0 spiro atoms. The van der Waals surface area contributed by atoms with Crippen molar-refractivity contribution in [2.24, 2.45) is 0 Å². The van der Waals surface area contributed by atoms with Crippen molar-refractivity contribution in [3.63, 3.8) is 0 Å². The Morgan fingerprint density at radius 2 is 1.91 bits per heavy atom. The van der Waals surface area contributed by atoms with Gasteiger partial charge in [0.2, 0.25) is 0 Å². The molecule has 1 aromatic rings. The molecule has 5 heteroatoms. The van der Waals surface area contributed by atoms with Gasteiger partial charge in [-0.2, -0.15) is 0 Å². The number of benzene rings is 1. The molecule has 1 aromatic carbocycles. The van der Waals surface area contributed by atoms with Crippen molar-refractivity contribution in [3.05, 3.63) is 35.9 Å². The fourth-order valence-electron chi connectivity index (χ4n) is 2.57. The predicted octanol–water partition coefficient (Wildman–Crippen LogP) is 3.02. The van der Waals surface area contributed by atoms with Crippen LogP contribution < -0.4 is 10.6 Å². The Morgan fingerprint density at radius 1 is 1.26 bits per heavy atom. The van der Waals surface area contributed by atoms with Crippen LogP contribution in [0.15, 0.2) is 30.3 Å². The largest absolute Gasteiger partial charge is 0.444 e. The molecular formula is C18H28N2O3. The van der Waals surface area contributed by atoms with Gasteiger partial charge in [0.05, 0.1) is 6.04 Å². The fraction of sp³-hybridized carbons (Fsp3) is 0.611. The second-order valence-corrected chi connectivity index (χ2v) is 6.90. The van der Waals surface area contributed by atoms with Gasteiger partial charge in [-0.25, -0.2) is 4.79 Å². The topological polar surface area (TPSA) is 59.6 Å². The molecule has 128 valence electrons. The van der Waals surface area contributed by atoms with E-state index in [1.807, 2.05) is 51.1 Å². The summed E-state index contributed by atoms with van der Waals surface area (Å²) >= 11 is 0. The minimum Gasteiger partial charge on any atom is -0.444 e. The fourth-order valence-corrected chi connectivity index (χ4v) is 2.57. The minimum atomic E-state index is -0.501. The van der Waals surface area contributed by atoms with E-state index < -0.39 is 5.60 Å². The van der Waals surface area contributed by atoms with E-state index in [1.165, 1.54) is 0 Å². The zero-order chi connectivity index (χ0) is 16.7. The molecule has 23 heavy (non-hydrogen) atoms. The van der Waals surface area contributed by atoms with Gasteiger partial charge in [0, 0.05) is 25.8 Å². The van der Waals surface area contributed by atoms with Gasteiger partial charge in [0.25, 0.3) is 0 Å². The average Bonchev–Trinajstić information content (AvgIpc) is 2.51. The van der Waals surface area contributed by atoms with Gasteiger partial charge >= 0.3 is 6.09 Å². The normalized spacial score (nSPS) is 17.5. The van der Waals surface area contributed by atoms with Gasteiger partial charge in [-0.1, -0.05) is 30.3 Å². The highest BCUT2D eigenvalue weighted by Crippen LogP contribution is 2.15. The second kappa shape index (κ2) is 8.31. The first-order chi connectivity index (χ1) is 10.9. The van der Waals surface area contributed by atoms with Crippen LogP contribution in [0.5, 0.6) is 0 Å². The third-order valence-electron chi connectivity index (χ3n) is 3.72. The Balaban J connectivity index is 1.96. The summed E-state index contributed by atoms with van der Waals surface area (Å²) < 4.78 is 10.8. The van der Waals surface area contributed by atoms with Gasteiger partial charge < -0.3 is 20.1 Å². The van der Waals surface area contributed by atoms with Crippen LogP contribution in [0.4, 0.5) is 4.79 Å². The number of amides is 1. The van der Waals surface area contributed by atoms with Crippen molar-refractivity contribution < 1.29 is 14.3 Å². The first kappa shape index (κ1) is 17.8. The monoisotopic (exact) mass is 320 g/mol. The van der Waals surface area contributed by atoms with Crippen LogP contribution in [0.3, 0.4) is 0 Å². The molecule has 2 N–H and O–H groups in total. The summed E-state index contributed by atoms with van der Waals surface area (Å²) in [7, 11) is 0. The molecule has 0 radical (unpaired) electrons. The van der Waals surface area contributed by atoms with Crippen LogP contribution in [0, 0.1) is 0 Å². The quantitative estimate of drug-likeness (QED) is 0.875. The third kappa shape index (κ3) is 6.59. The van der Waals surface area contributed by atoms with Crippen molar-refractivity contribution in [2.45, 2.75) is 51.3 Å². The predicted molar refractivity (Wildman–Crippen MR) is 90.4 cm³/mol. The maximum atomic E-state index is 12.1. The molecule has 5 nitrogen and oxygen atoms in total. The Labute approximate surface area is 138 Å². The number of nitrogens with one attached hydrogen (secondary N) is 2. The maximum Gasteiger partial charge on any atom is 0.408 e. The molecule has 1 aliphatic heterocycles. The molecule has 1 atom stereocenters. The second-order valence-electron chi connectivity index (χ2n) is 6.90. The minimum absolute atomic E-state index is 0.117. The molecule has 1 amide bonds. The number of alkyl carbamates (subject to hydrolysis) is 1. The number of ether oxygens (including phenoxy) is 2. The van der Waals surface area contributed by atoms with Gasteiger partial charge in [0.15, 0.2) is 0 Å². The maximum absolute atomic E-state index is 12.1. The Morgan fingerprint density at radius 3 is 2.52 bits per heavy atom. The van der Waals surface area contributed by atoms with Gasteiger partial charge in [0.1, 0.15) is 5.60 Å². The van der Waals surface area contributed by atoms with E-state index in [9.17, 15) is 4.79 Å². The smallest absolute Gasteiger partial charge is 0.408 e. The van der Waals surface area contributed by atoms with E-state index >= 15 is 0 Å². The lowest BCUT2D eigenvalue weighted by Gasteiger charge is -2.28. The van der Waals surface area contributed by atoms with Crippen LogP contribution >= 0.6 is 0 Å². The molecule has 1 aliphatic rings. The summed E-state index contributed by atoms with van der Waals surface area (Å²) in [5, 5.41) is 6.51. The number of carbonyl (C=O) groups excluding carboxylic acids is 1. The van der Waals surface area contributed by atoms with E-state index in [1.54, 1.807) is 0 Å². The van der Waals surface area contributed by atoms with E-state index in [-0.39, 0.29) is 12.1 Å². The number of rotatable bonds is 5.